The molecule has 3 N–H and O–H groups in total. The van der Waals surface area contributed by atoms with Crippen LogP contribution in [-0.4, -0.2) is 33.7 Å². The standard InChI is InChI=1S/C23H22N4O2/c28-15-14-24-23-26-20-8-4-5-9-21(20)27(23)16-22(29)25-19-12-10-18(11-13-19)17-6-2-1-3-7-17/h1-13,28H,14-16H2,(H,24,26)(H,25,29). The fourth-order valence-electron chi connectivity index (χ4n) is 3.26. The zero-order valence-electron chi connectivity index (χ0n) is 15.9. The lowest BCUT2D eigenvalue weighted by molar-refractivity contribution is -0.116. The van der Waals surface area contributed by atoms with Crippen LogP contribution in [0, 0.1) is 0 Å². The van der Waals surface area contributed by atoms with Gasteiger partial charge in [0.1, 0.15) is 6.54 Å². The molecule has 29 heavy (non-hydrogen) atoms. The van der Waals surface area contributed by atoms with E-state index in [-0.39, 0.29) is 19.1 Å². The van der Waals surface area contributed by atoms with Gasteiger partial charge in [-0.25, -0.2) is 4.98 Å². The van der Waals surface area contributed by atoms with E-state index in [9.17, 15) is 4.79 Å². The summed E-state index contributed by atoms with van der Waals surface area (Å²) < 4.78 is 1.82. The van der Waals surface area contributed by atoms with Crippen LogP contribution >= 0.6 is 0 Å². The molecule has 4 rings (SSSR count). The SMILES string of the molecule is O=C(Cn1c(NCCO)nc2ccccc21)Nc1ccc(-c2ccccc2)cc1. The smallest absolute Gasteiger partial charge is 0.244 e. The number of anilines is 2. The summed E-state index contributed by atoms with van der Waals surface area (Å²) in [6.07, 6.45) is 0. The van der Waals surface area contributed by atoms with Crippen molar-refractivity contribution in [2.45, 2.75) is 6.54 Å². The molecule has 0 unspecified atom stereocenters. The molecule has 0 atom stereocenters. The third kappa shape index (κ3) is 4.28. The molecule has 6 heteroatoms. The van der Waals surface area contributed by atoms with Crippen molar-refractivity contribution in [3.63, 3.8) is 0 Å². The Bertz CT molecular complexity index is 1100. The van der Waals surface area contributed by atoms with Crippen LogP contribution in [0.2, 0.25) is 0 Å². The summed E-state index contributed by atoms with van der Waals surface area (Å²) in [5.74, 6) is 0.419. The van der Waals surface area contributed by atoms with Crippen molar-refractivity contribution in [3.8, 4) is 11.1 Å². The van der Waals surface area contributed by atoms with Gasteiger partial charge in [-0.2, -0.15) is 0 Å². The minimum Gasteiger partial charge on any atom is -0.395 e. The molecule has 0 aliphatic carbocycles. The maximum absolute atomic E-state index is 12.7. The molecule has 0 fully saturated rings. The van der Waals surface area contributed by atoms with Crippen molar-refractivity contribution in [3.05, 3.63) is 78.9 Å². The van der Waals surface area contributed by atoms with E-state index in [1.807, 2.05) is 71.3 Å². The fraction of sp³-hybridized carbons (Fsp3) is 0.130. The van der Waals surface area contributed by atoms with Gasteiger partial charge in [0.25, 0.3) is 0 Å². The molecular formula is C23H22N4O2. The number of nitrogens with zero attached hydrogens (tertiary/aromatic N) is 2. The number of fused-ring (bicyclic) bond motifs is 1. The maximum atomic E-state index is 12.7. The molecule has 146 valence electrons. The summed E-state index contributed by atoms with van der Waals surface area (Å²) in [6.45, 7) is 0.476. The Morgan fingerprint density at radius 1 is 0.897 bits per heavy atom. The Morgan fingerprint density at radius 3 is 2.34 bits per heavy atom. The van der Waals surface area contributed by atoms with Crippen LogP contribution in [0.5, 0.6) is 0 Å². The molecule has 0 spiro atoms. The molecule has 0 radical (unpaired) electrons. The molecular weight excluding hydrogens is 364 g/mol. The lowest BCUT2D eigenvalue weighted by Crippen LogP contribution is -2.21. The number of aromatic nitrogens is 2. The van der Waals surface area contributed by atoms with Crippen molar-refractivity contribution in [2.75, 3.05) is 23.8 Å². The summed E-state index contributed by atoms with van der Waals surface area (Å²) in [5, 5.41) is 15.1. The van der Waals surface area contributed by atoms with E-state index in [4.69, 9.17) is 5.11 Å². The van der Waals surface area contributed by atoms with Gasteiger partial charge in [-0.1, -0.05) is 54.6 Å². The van der Waals surface area contributed by atoms with Crippen LogP contribution in [0.4, 0.5) is 11.6 Å². The van der Waals surface area contributed by atoms with Crippen LogP contribution in [0.25, 0.3) is 22.2 Å². The molecule has 0 bridgehead atoms. The van der Waals surface area contributed by atoms with Gasteiger partial charge in [0.2, 0.25) is 11.9 Å². The normalized spacial score (nSPS) is 10.8. The maximum Gasteiger partial charge on any atom is 0.244 e. The predicted octanol–water partition coefficient (Wildman–Crippen LogP) is 3.75. The van der Waals surface area contributed by atoms with E-state index in [2.05, 4.69) is 27.8 Å². The molecule has 0 saturated carbocycles. The molecule has 3 aromatic carbocycles. The Morgan fingerprint density at radius 2 is 1.59 bits per heavy atom. The molecule has 4 aromatic rings. The second kappa shape index (κ2) is 8.58. The number of hydrogen-bond acceptors (Lipinski definition) is 4. The fourth-order valence-corrected chi connectivity index (χ4v) is 3.26. The van der Waals surface area contributed by atoms with Crippen molar-refractivity contribution in [2.24, 2.45) is 0 Å². The average molecular weight is 386 g/mol. The molecule has 6 nitrogen and oxygen atoms in total. The van der Waals surface area contributed by atoms with Crippen molar-refractivity contribution < 1.29 is 9.90 Å². The first-order valence-electron chi connectivity index (χ1n) is 9.50. The average Bonchev–Trinajstić information content (AvgIpc) is 3.10. The van der Waals surface area contributed by atoms with Gasteiger partial charge in [0.05, 0.1) is 17.6 Å². The van der Waals surface area contributed by atoms with Crippen molar-refractivity contribution in [1.82, 2.24) is 9.55 Å². The Hall–Kier alpha value is -3.64. The number of hydrogen-bond donors (Lipinski definition) is 3. The number of carbonyl (C=O) groups is 1. The first-order valence-corrected chi connectivity index (χ1v) is 9.50. The number of carbonyl (C=O) groups excluding carboxylic acids is 1. The number of aliphatic hydroxyl groups excluding tert-OH is 1. The second-order valence-electron chi connectivity index (χ2n) is 6.65. The lowest BCUT2D eigenvalue weighted by atomic mass is 10.1. The van der Waals surface area contributed by atoms with Crippen LogP contribution in [0.3, 0.4) is 0 Å². The molecule has 0 aliphatic rings. The number of benzene rings is 3. The summed E-state index contributed by atoms with van der Waals surface area (Å²) in [7, 11) is 0. The highest BCUT2D eigenvalue weighted by Gasteiger charge is 2.13. The highest BCUT2D eigenvalue weighted by atomic mass is 16.3. The van der Waals surface area contributed by atoms with Gasteiger partial charge in [-0.3, -0.25) is 4.79 Å². The molecule has 0 saturated heterocycles. The van der Waals surface area contributed by atoms with Crippen LogP contribution in [0.15, 0.2) is 78.9 Å². The number of nitrogens with one attached hydrogen (secondary N) is 2. The minimum absolute atomic E-state index is 0.0107. The number of aliphatic hydroxyl groups is 1. The molecule has 0 aliphatic heterocycles. The third-order valence-corrected chi connectivity index (χ3v) is 4.63. The minimum atomic E-state index is -0.146. The van der Waals surface area contributed by atoms with E-state index in [0.717, 1.165) is 27.8 Å². The van der Waals surface area contributed by atoms with Crippen LogP contribution in [0.1, 0.15) is 0 Å². The van der Waals surface area contributed by atoms with E-state index in [1.54, 1.807) is 0 Å². The molecule has 1 heterocycles. The zero-order valence-corrected chi connectivity index (χ0v) is 15.9. The number of amides is 1. The van der Waals surface area contributed by atoms with E-state index >= 15 is 0 Å². The van der Waals surface area contributed by atoms with Gasteiger partial charge < -0.3 is 20.3 Å². The summed E-state index contributed by atoms with van der Waals surface area (Å²) in [5.41, 5.74) is 4.63. The van der Waals surface area contributed by atoms with Gasteiger partial charge in [-0.15, -0.1) is 0 Å². The first-order chi connectivity index (χ1) is 14.2. The number of imidazole rings is 1. The van der Waals surface area contributed by atoms with Crippen LogP contribution < -0.4 is 10.6 Å². The van der Waals surface area contributed by atoms with Gasteiger partial charge >= 0.3 is 0 Å². The third-order valence-electron chi connectivity index (χ3n) is 4.63. The Labute approximate surface area is 168 Å². The van der Waals surface area contributed by atoms with Crippen LogP contribution in [-0.2, 0) is 11.3 Å². The number of rotatable bonds is 7. The lowest BCUT2D eigenvalue weighted by Gasteiger charge is -2.11. The van der Waals surface area contributed by atoms with E-state index in [0.29, 0.717) is 12.5 Å². The molecule has 1 aromatic heterocycles. The quantitative estimate of drug-likeness (QED) is 0.452. The largest absolute Gasteiger partial charge is 0.395 e. The topological polar surface area (TPSA) is 79.2 Å². The van der Waals surface area contributed by atoms with Crippen molar-refractivity contribution >= 4 is 28.6 Å². The highest BCUT2D eigenvalue weighted by Crippen LogP contribution is 2.22. The Balaban J connectivity index is 1.50. The van der Waals surface area contributed by atoms with Gasteiger partial charge in [0.15, 0.2) is 0 Å². The van der Waals surface area contributed by atoms with E-state index < -0.39 is 0 Å². The Kier molecular flexibility index (Phi) is 5.54. The van der Waals surface area contributed by atoms with E-state index in [1.165, 1.54) is 0 Å². The van der Waals surface area contributed by atoms with Crippen molar-refractivity contribution in [1.29, 1.82) is 0 Å². The zero-order chi connectivity index (χ0) is 20.1. The summed E-state index contributed by atoms with van der Waals surface area (Å²) in [6, 6.07) is 25.5. The highest BCUT2D eigenvalue weighted by molar-refractivity contribution is 5.92. The monoisotopic (exact) mass is 386 g/mol. The van der Waals surface area contributed by atoms with Gasteiger partial charge in [-0.05, 0) is 35.4 Å². The molecule has 1 amide bonds. The summed E-state index contributed by atoms with van der Waals surface area (Å²) in [4.78, 5) is 17.2. The first kappa shape index (κ1) is 18.7. The van der Waals surface area contributed by atoms with Gasteiger partial charge in [0, 0.05) is 12.2 Å². The summed E-state index contributed by atoms with van der Waals surface area (Å²) >= 11 is 0. The number of para-hydroxylation sites is 2. The predicted molar refractivity (Wildman–Crippen MR) is 116 cm³/mol. The second-order valence-corrected chi connectivity index (χ2v) is 6.65.